The summed E-state index contributed by atoms with van der Waals surface area (Å²) in [6.45, 7) is 5.80. The van der Waals surface area contributed by atoms with Gasteiger partial charge >= 0.3 is 6.09 Å². The Morgan fingerprint density at radius 2 is 2.00 bits per heavy atom. The van der Waals surface area contributed by atoms with Crippen LogP contribution in [0.25, 0.3) is 0 Å². The molecule has 1 aromatic carbocycles. The smallest absolute Gasteiger partial charge is 0.407 e. The highest BCUT2D eigenvalue weighted by Crippen LogP contribution is 2.37. The Morgan fingerprint density at radius 3 is 2.61 bits per heavy atom. The molecule has 9 nitrogen and oxygen atoms in total. The van der Waals surface area contributed by atoms with Gasteiger partial charge in [0.2, 0.25) is 0 Å². The zero-order chi connectivity index (χ0) is 24.2. The van der Waals surface area contributed by atoms with E-state index >= 15 is 0 Å². The maximum absolute atomic E-state index is 13.2. The Kier molecular flexibility index (Phi) is 7.21. The van der Waals surface area contributed by atoms with Crippen LogP contribution < -0.4 is 16.4 Å². The quantitative estimate of drug-likeness (QED) is 0.604. The summed E-state index contributed by atoms with van der Waals surface area (Å²) >= 11 is 0. The molecule has 2 amide bonds. The minimum Gasteiger partial charge on any atom is -0.444 e. The molecule has 2 aromatic rings. The fourth-order valence-electron chi connectivity index (χ4n) is 3.91. The number of nitriles is 1. The van der Waals surface area contributed by atoms with E-state index in [9.17, 15) is 19.2 Å². The number of alkyl carbamates (subject to hydrolysis) is 1. The summed E-state index contributed by atoms with van der Waals surface area (Å²) in [6, 6.07) is 7.66. The van der Waals surface area contributed by atoms with Gasteiger partial charge in [0.1, 0.15) is 17.0 Å². The van der Waals surface area contributed by atoms with Crippen molar-refractivity contribution in [1.82, 2.24) is 15.1 Å². The van der Waals surface area contributed by atoms with Crippen molar-refractivity contribution in [3.05, 3.63) is 41.8 Å². The normalized spacial score (nSPS) is 20.5. The van der Waals surface area contributed by atoms with Gasteiger partial charge in [0.25, 0.3) is 5.91 Å². The molecule has 1 aromatic heterocycles. The van der Waals surface area contributed by atoms with Gasteiger partial charge in [-0.2, -0.15) is 10.4 Å². The van der Waals surface area contributed by atoms with Crippen LogP contribution in [-0.4, -0.2) is 33.9 Å². The van der Waals surface area contributed by atoms with E-state index in [1.54, 1.807) is 25.5 Å². The molecule has 0 radical (unpaired) electrons. The number of aromatic nitrogens is 2. The Morgan fingerprint density at radius 1 is 1.30 bits per heavy atom. The van der Waals surface area contributed by atoms with Crippen molar-refractivity contribution in [2.45, 2.75) is 51.7 Å². The summed E-state index contributed by atoms with van der Waals surface area (Å²) in [5.74, 6) is -1.01. The number of hydrogen-bond donors (Lipinski definition) is 3. The van der Waals surface area contributed by atoms with Gasteiger partial charge in [-0.25, -0.2) is 9.18 Å². The van der Waals surface area contributed by atoms with Crippen LogP contribution in [0.2, 0.25) is 0 Å². The van der Waals surface area contributed by atoms with Crippen molar-refractivity contribution in [2.24, 2.45) is 17.6 Å². The predicted octanol–water partition coefficient (Wildman–Crippen LogP) is 3.87. The van der Waals surface area contributed by atoms with Crippen LogP contribution in [0.4, 0.5) is 20.7 Å². The van der Waals surface area contributed by atoms with Gasteiger partial charge in [-0.15, -0.1) is 0 Å². The van der Waals surface area contributed by atoms with E-state index in [4.69, 9.17) is 10.5 Å². The SMILES string of the molecule is CC(C)(C)OC(=O)NCC1CC[C@@H](C#N)[C@@H](n2cc(C(N)=O)c(Nc3ccc(F)cc3)n2)C1. The lowest BCUT2D eigenvalue weighted by molar-refractivity contribution is 0.0509. The molecule has 1 fully saturated rings. The highest BCUT2D eigenvalue weighted by atomic mass is 19.1. The molecule has 1 heterocycles. The van der Waals surface area contributed by atoms with Crippen LogP contribution in [0, 0.1) is 29.0 Å². The Hall–Kier alpha value is -3.61. The number of nitrogens with zero attached hydrogens (tertiary/aromatic N) is 3. The number of nitrogens with two attached hydrogens (primary N) is 1. The second-order valence-corrected chi connectivity index (χ2v) is 9.23. The first-order valence-corrected chi connectivity index (χ1v) is 10.8. The van der Waals surface area contributed by atoms with Crippen molar-refractivity contribution in [3.63, 3.8) is 0 Å². The first-order chi connectivity index (χ1) is 15.6. The summed E-state index contributed by atoms with van der Waals surface area (Å²) in [4.78, 5) is 24.0. The van der Waals surface area contributed by atoms with Crippen LogP contribution in [-0.2, 0) is 4.74 Å². The molecule has 0 bridgehead atoms. The van der Waals surface area contributed by atoms with Crippen LogP contribution in [0.15, 0.2) is 30.5 Å². The lowest BCUT2D eigenvalue weighted by atomic mass is 9.79. The molecule has 1 aliphatic carbocycles. The number of primary amides is 1. The first-order valence-electron chi connectivity index (χ1n) is 10.8. The molecule has 176 valence electrons. The van der Waals surface area contributed by atoms with Crippen molar-refractivity contribution < 1.29 is 18.7 Å². The predicted molar refractivity (Wildman–Crippen MR) is 120 cm³/mol. The maximum atomic E-state index is 13.2. The summed E-state index contributed by atoms with van der Waals surface area (Å²) < 4.78 is 20.1. The van der Waals surface area contributed by atoms with Crippen molar-refractivity contribution >= 4 is 23.5 Å². The number of ether oxygens (including phenoxy) is 1. The van der Waals surface area contributed by atoms with Crippen molar-refractivity contribution in [3.8, 4) is 6.07 Å². The van der Waals surface area contributed by atoms with Gasteiger partial charge in [-0.05, 0) is 70.2 Å². The Bertz CT molecular complexity index is 1040. The number of carbonyl (C=O) groups excluding carboxylic acids is 2. The van der Waals surface area contributed by atoms with Crippen molar-refractivity contribution in [2.75, 3.05) is 11.9 Å². The molecule has 0 saturated heterocycles. The number of rotatable bonds is 6. The fraction of sp³-hybridized carbons (Fsp3) is 0.478. The summed E-state index contributed by atoms with van der Waals surface area (Å²) in [5.41, 5.74) is 5.68. The van der Waals surface area contributed by atoms with E-state index in [1.807, 2.05) is 0 Å². The molecule has 0 aliphatic heterocycles. The lowest BCUT2D eigenvalue weighted by Crippen LogP contribution is -2.38. The van der Waals surface area contributed by atoms with E-state index in [1.165, 1.54) is 30.5 Å². The van der Waals surface area contributed by atoms with Gasteiger partial charge in [0, 0.05) is 18.4 Å². The number of halogens is 1. The largest absolute Gasteiger partial charge is 0.444 e. The number of amides is 2. The van der Waals surface area contributed by atoms with Gasteiger partial charge < -0.3 is 21.1 Å². The Balaban J connectivity index is 1.76. The third-order valence-electron chi connectivity index (χ3n) is 5.47. The summed E-state index contributed by atoms with van der Waals surface area (Å²) in [7, 11) is 0. The van der Waals surface area contributed by atoms with E-state index in [0.717, 1.165) is 6.42 Å². The lowest BCUT2D eigenvalue weighted by Gasteiger charge is -2.33. The van der Waals surface area contributed by atoms with Crippen LogP contribution >= 0.6 is 0 Å². The second kappa shape index (κ2) is 9.90. The number of hydrogen-bond acceptors (Lipinski definition) is 6. The number of carbonyl (C=O) groups is 2. The third-order valence-corrected chi connectivity index (χ3v) is 5.47. The zero-order valence-electron chi connectivity index (χ0n) is 19.0. The van der Waals surface area contributed by atoms with Gasteiger partial charge in [-0.3, -0.25) is 9.48 Å². The molecule has 1 aliphatic rings. The Labute approximate surface area is 192 Å². The molecule has 10 heteroatoms. The van der Waals surface area contributed by atoms with Gasteiger partial charge in [0.05, 0.1) is 18.0 Å². The molecule has 0 spiro atoms. The highest BCUT2D eigenvalue weighted by molar-refractivity contribution is 5.98. The monoisotopic (exact) mass is 456 g/mol. The number of benzene rings is 1. The van der Waals surface area contributed by atoms with Crippen LogP contribution in [0.3, 0.4) is 0 Å². The summed E-state index contributed by atoms with van der Waals surface area (Å²) in [5, 5.41) is 20.0. The molecule has 1 saturated carbocycles. The number of anilines is 2. The molecule has 1 unspecified atom stereocenters. The molecular formula is C23H29FN6O3. The van der Waals surface area contributed by atoms with Gasteiger partial charge in [-0.1, -0.05) is 0 Å². The number of nitrogens with one attached hydrogen (secondary N) is 2. The topological polar surface area (TPSA) is 135 Å². The van der Waals surface area contributed by atoms with E-state index in [2.05, 4.69) is 21.8 Å². The average molecular weight is 457 g/mol. The van der Waals surface area contributed by atoms with Crippen LogP contribution in [0.5, 0.6) is 0 Å². The minimum absolute atomic E-state index is 0.113. The molecule has 33 heavy (non-hydrogen) atoms. The summed E-state index contributed by atoms with van der Waals surface area (Å²) in [6.07, 6.45) is 3.04. The standard InChI is InChI=1S/C23H29FN6O3/c1-23(2,3)33-22(32)27-12-14-4-5-15(11-25)19(10-14)30-13-18(20(26)31)21(29-30)28-17-8-6-16(24)7-9-17/h6-9,13-15,19H,4-5,10,12H2,1-3H3,(H2,26,31)(H,27,32)(H,28,29)/t14?,15-,19-/m0/s1. The maximum Gasteiger partial charge on any atom is 0.407 e. The molecule has 3 atom stereocenters. The van der Waals surface area contributed by atoms with Crippen molar-refractivity contribution in [1.29, 1.82) is 5.26 Å². The highest BCUT2D eigenvalue weighted by Gasteiger charge is 2.34. The van der Waals surface area contributed by atoms with E-state index in [-0.39, 0.29) is 35.1 Å². The minimum atomic E-state index is -0.668. The molecule has 4 N–H and O–H groups in total. The first kappa shape index (κ1) is 24.0. The zero-order valence-corrected chi connectivity index (χ0v) is 19.0. The van der Waals surface area contributed by atoms with E-state index < -0.39 is 17.6 Å². The fourth-order valence-corrected chi connectivity index (χ4v) is 3.91. The van der Waals surface area contributed by atoms with Crippen LogP contribution in [0.1, 0.15) is 56.4 Å². The van der Waals surface area contributed by atoms with Gasteiger partial charge in [0.15, 0.2) is 5.82 Å². The molecular weight excluding hydrogens is 427 g/mol. The second-order valence-electron chi connectivity index (χ2n) is 9.23. The van der Waals surface area contributed by atoms with E-state index in [0.29, 0.717) is 25.1 Å². The third kappa shape index (κ3) is 6.44. The average Bonchev–Trinajstić information content (AvgIpc) is 3.16. The molecule has 3 rings (SSSR count).